The summed E-state index contributed by atoms with van der Waals surface area (Å²) in [5, 5.41) is 6.21. The van der Waals surface area contributed by atoms with Gasteiger partial charge in [-0.2, -0.15) is 0 Å². The molecule has 0 radical (unpaired) electrons. The van der Waals surface area contributed by atoms with Gasteiger partial charge in [0.05, 0.1) is 42.2 Å². The lowest BCUT2D eigenvalue weighted by atomic mass is 9.89. The van der Waals surface area contributed by atoms with Crippen molar-refractivity contribution in [3.63, 3.8) is 0 Å². The summed E-state index contributed by atoms with van der Waals surface area (Å²) in [5.41, 5.74) is 6.48. The van der Waals surface area contributed by atoms with E-state index in [2.05, 4.69) is 29.4 Å². The number of amides is 4. The fourth-order valence-corrected chi connectivity index (χ4v) is 8.15. The third-order valence-electron chi connectivity index (χ3n) is 11.9. The molecule has 2 aliphatic rings. The van der Waals surface area contributed by atoms with Crippen molar-refractivity contribution in [2.75, 3.05) is 47.9 Å². The number of likely N-dealkylation sites (tertiary alicyclic amines) is 2. The van der Waals surface area contributed by atoms with Crippen molar-refractivity contribution in [1.29, 1.82) is 0 Å². The molecule has 2 aliphatic heterocycles. The van der Waals surface area contributed by atoms with Crippen LogP contribution in [-0.2, 0) is 35.1 Å². The Morgan fingerprint density at radius 1 is 1.02 bits per heavy atom. The molecule has 7 unspecified atom stereocenters. The monoisotopic (exact) mass is 729 g/mol. The van der Waals surface area contributed by atoms with E-state index in [1.54, 1.807) is 26.2 Å². The number of hydrogen-bond acceptors (Lipinski definition) is 8. The number of ether oxygens (including phenoxy) is 2. The number of nitrogens with zero attached hydrogens (tertiary/aromatic N) is 3. The zero-order valence-electron chi connectivity index (χ0n) is 33.5. The minimum atomic E-state index is -0.729. The summed E-state index contributed by atoms with van der Waals surface area (Å²) >= 11 is 0. The summed E-state index contributed by atoms with van der Waals surface area (Å²) in [6.07, 6.45) is 3.49. The first-order valence-electron chi connectivity index (χ1n) is 19.3. The topological polar surface area (TPSA) is 147 Å². The van der Waals surface area contributed by atoms with Crippen LogP contribution in [0.3, 0.4) is 0 Å². The summed E-state index contributed by atoms with van der Waals surface area (Å²) in [4.78, 5) is 61.1. The Hall–Kier alpha value is -3.06. The zero-order chi connectivity index (χ0) is 38.7. The number of rotatable bonds is 19. The van der Waals surface area contributed by atoms with Gasteiger partial charge < -0.3 is 35.6 Å². The van der Waals surface area contributed by atoms with Crippen LogP contribution in [0.4, 0.5) is 0 Å². The maximum absolute atomic E-state index is 14.2. The quantitative estimate of drug-likeness (QED) is 0.197. The molecule has 4 amide bonds. The van der Waals surface area contributed by atoms with E-state index in [1.165, 1.54) is 0 Å². The number of likely N-dealkylation sites (N-methyl/N-ethyl adjacent to an activating group) is 2. The summed E-state index contributed by atoms with van der Waals surface area (Å²) in [6.45, 7) is 13.5. The van der Waals surface area contributed by atoms with Gasteiger partial charge in [-0.25, -0.2) is 0 Å². The van der Waals surface area contributed by atoms with Crippen molar-refractivity contribution in [2.45, 2.75) is 128 Å². The minimum absolute atomic E-state index is 0.00453. The summed E-state index contributed by atoms with van der Waals surface area (Å²) in [5.74, 6) is -1.28. The smallest absolute Gasteiger partial charge is 0.245 e. The predicted octanol–water partition coefficient (Wildman–Crippen LogP) is 3.22. The van der Waals surface area contributed by atoms with Gasteiger partial charge in [0.1, 0.15) is 6.04 Å². The van der Waals surface area contributed by atoms with Crippen molar-refractivity contribution in [2.24, 2.45) is 23.5 Å². The van der Waals surface area contributed by atoms with Gasteiger partial charge in [-0.15, -0.1) is 0 Å². The van der Waals surface area contributed by atoms with Gasteiger partial charge in [-0.3, -0.25) is 24.1 Å². The molecule has 0 spiro atoms. The van der Waals surface area contributed by atoms with Crippen LogP contribution in [0.15, 0.2) is 30.3 Å². The predicted molar refractivity (Wildman–Crippen MR) is 204 cm³/mol. The van der Waals surface area contributed by atoms with E-state index in [-0.39, 0.29) is 54.0 Å². The average molecular weight is 729 g/mol. The first kappa shape index (κ1) is 43.3. The van der Waals surface area contributed by atoms with Crippen LogP contribution in [0.1, 0.15) is 85.6 Å². The maximum Gasteiger partial charge on any atom is 0.245 e. The Bertz CT molecular complexity index is 1310. The van der Waals surface area contributed by atoms with Crippen LogP contribution in [0.2, 0.25) is 0 Å². The van der Waals surface area contributed by atoms with Crippen LogP contribution in [0.25, 0.3) is 0 Å². The molecule has 2 fully saturated rings. The largest absolute Gasteiger partial charge is 0.379 e. The number of benzene rings is 1. The Morgan fingerprint density at radius 2 is 1.69 bits per heavy atom. The van der Waals surface area contributed by atoms with E-state index < -0.39 is 35.7 Å². The van der Waals surface area contributed by atoms with Crippen molar-refractivity contribution >= 4 is 23.6 Å². The lowest BCUT2D eigenvalue weighted by molar-refractivity contribution is -0.148. The first-order valence-corrected chi connectivity index (χ1v) is 19.3. The van der Waals surface area contributed by atoms with Gasteiger partial charge in [-0.1, -0.05) is 71.4 Å². The highest BCUT2D eigenvalue weighted by atomic mass is 16.5. The third kappa shape index (κ3) is 10.3. The molecule has 4 N–H and O–H groups in total. The van der Waals surface area contributed by atoms with Gasteiger partial charge in [0.15, 0.2) is 0 Å². The molecular formula is C40H68N6O6. The normalized spacial score (nSPS) is 23.4. The number of hydrogen-bond donors (Lipinski definition) is 3. The molecule has 0 aromatic heterocycles. The standard InChI is InChI=1S/C40H68N6O6/c1-11-27(4)35(45(8)38(49)34(26(2)3)43-39(50)40(6)20-16-21-44(40)7)32(51-9)24-33(47)46-22-15-19-31(46)36(52-10)28(5)37(48)42-30(25-41)23-29-17-13-12-14-18-29/h12-14,17-18,26-28,30-32,34-36H,11,15-16,19-25,41H2,1-10H3,(H,42,48)(H,43,50)/t27?,28?,30?,31-,32?,34?,35?,36?,40-/m0/s1. The molecule has 12 nitrogen and oxygen atoms in total. The van der Waals surface area contributed by atoms with Gasteiger partial charge in [0.2, 0.25) is 23.6 Å². The van der Waals surface area contributed by atoms with Gasteiger partial charge in [-0.05, 0) is 70.0 Å². The summed E-state index contributed by atoms with van der Waals surface area (Å²) < 4.78 is 12.0. The van der Waals surface area contributed by atoms with Crippen molar-refractivity contribution in [3.8, 4) is 0 Å². The van der Waals surface area contributed by atoms with Crippen LogP contribution in [0, 0.1) is 17.8 Å². The molecule has 0 bridgehead atoms. The number of nitrogens with two attached hydrogens (primary N) is 1. The Morgan fingerprint density at radius 3 is 2.23 bits per heavy atom. The molecule has 1 aromatic carbocycles. The highest BCUT2D eigenvalue weighted by Gasteiger charge is 2.45. The summed E-state index contributed by atoms with van der Waals surface area (Å²) in [7, 11) is 6.88. The van der Waals surface area contributed by atoms with E-state index in [0.717, 1.165) is 37.8 Å². The Kier molecular flexibility index (Phi) is 16.5. The lowest BCUT2D eigenvalue weighted by Gasteiger charge is -2.41. The number of nitrogens with one attached hydrogen (secondary N) is 2. The average Bonchev–Trinajstić information content (AvgIpc) is 3.76. The second-order valence-corrected chi connectivity index (χ2v) is 15.7. The van der Waals surface area contributed by atoms with E-state index in [0.29, 0.717) is 25.9 Å². The fourth-order valence-electron chi connectivity index (χ4n) is 8.15. The highest BCUT2D eigenvalue weighted by molar-refractivity contribution is 5.92. The Balaban J connectivity index is 1.75. The minimum Gasteiger partial charge on any atom is -0.379 e. The van der Waals surface area contributed by atoms with Crippen molar-refractivity contribution < 1.29 is 28.7 Å². The summed E-state index contributed by atoms with van der Waals surface area (Å²) in [6, 6.07) is 8.25. The molecule has 9 atom stereocenters. The second kappa shape index (κ2) is 19.9. The molecular weight excluding hydrogens is 660 g/mol. The van der Waals surface area contributed by atoms with Crippen LogP contribution in [0.5, 0.6) is 0 Å². The molecule has 2 saturated heterocycles. The molecule has 294 valence electrons. The van der Waals surface area contributed by atoms with Crippen LogP contribution >= 0.6 is 0 Å². The van der Waals surface area contributed by atoms with E-state index >= 15 is 0 Å². The fraction of sp³-hybridized carbons (Fsp3) is 0.750. The molecule has 2 heterocycles. The molecule has 52 heavy (non-hydrogen) atoms. The van der Waals surface area contributed by atoms with Crippen molar-refractivity contribution in [3.05, 3.63) is 35.9 Å². The zero-order valence-corrected chi connectivity index (χ0v) is 33.5. The highest BCUT2D eigenvalue weighted by Crippen LogP contribution is 2.31. The van der Waals surface area contributed by atoms with E-state index in [1.807, 2.05) is 70.0 Å². The lowest BCUT2D eigenvalue weighted by Crippen LogP contribution is -2.61. The third-order valence-corrected chi connectivity index (χ3v) is 11.9. The van der Waals surface area contributed by atoms with Crippen LogP contribution in [-0.4, -0.2) is 128 Å². The molecule has 3 rings (SSSR count). The molecule has 0 saturated carbocycles. The number of carbonyl (C=O) groups excluding carboxylic acids is 4. The molecule has 1 aromatic rings. The van der Waals surface area contributed by atoms with Gasteiger partial charge in [0.25, 0.3) is 0 Å². The van der Waals surface area contributed by atoms with E-state index in [4.69, 9.17) is 15.2 Å². The number of carbonyl (C=O) groups is 4. The van der Waals surface area contributed by atoms with E-state index in [9.17, 15) is 19.2 Å². The number of methoxy groups -OCH3 is 2. The first-order chi connectivity index (χ1) is 24.6. The van der Waals surface area contributed by atoms with Gasteiger partial charge >= 0.3 is 0 Å². The van der Waals surface area contributed by atoms with Gasteiger partial charge in [0, 0.05) is 40.4 Å². The Labute approximate surface area is 312 Å². The second-order valence-electron chi connectivity index (χ2n) is 15.7. The maximum atomic E-state index is 14.2. The SMILES string of the molecule is CCC(C)C(C(CC(=O)N1CCC[C@H]1C(OC)C(C)C(=O)NC(CN)Cc1ccccc1)OC)N(C)C(=O)C(NC(=O)[C@]1(C)CCCN1C)C(C)C. The van der Waals surface area contributed by atoms with Crippen LogP contribution < -0.4 is 16.4 Å². The molecule has 12 heteroatoms. The molecule has 0 aliphatic carbocycles. The van der Waals surface area contributed by atoms with Crippen molar-refractivity contribution in [1.82, 2.24) is 25.3 Å².